The Labute approximate surface area is 193 Å². The van der Waals surface area contributed by atoms with Crippen LogP contribution in [0.5, 0.6) is 0 Å². The van der Waals surface area contributed by atoms with Gasteiger partial charge in [0.2, 0.25) is 4.08 Å². The smallest absolute Gasteiger partial charge is 0.330 e. The lowest BCUT2D eigenvalue weighted by Crippen LogP contribution is -2.80. The molecule has 4 N–H and O–H groups in total. The second-order valence-electron chi connectivity index (χ2n) is 6.46. The summed E-state index contributed by atoms with van der Waals surface area (Å²) in [6.07, 6.45) is -6.42. The standard InChI is InChI=1S/C10H12F12N2O8S4/c11-7(12,13)33(25,26)5(3-1-2-4-23,34(27,28)8(14,15)16)6(24,35(29,30)9(17,18)19)36(31,32)10(20,21)22/h1-4,23-24H2. The van der Waals surface area contributed by atoms with Gasteiger partial charge in [0.15, 0.2) is 0 Å². The molecule has 0 saturated carbocycles. The molecule has 0 heterocycles. The van der Waals surface area contributed by atoms with E-state index in [1.165, 1.54) is 0 Å². The minimum atomic E-state index is -8.98. The number of hydrogen-bond donors (Lipinski definition) is 2. The SMILES string of the molecule is NCCCCC(C(N)(S(=O)(=O)C(F)(F)F)S(=O)(=O)C(F)(F)F)(S(=O)(=O)C(F)(F)F)S(=O)(=O)C(F)(F)F. The third kappa shape index (κ3) is 4.53. The molecule has 0 aromatic heterocycles. The largest absolute Gasteiger partial charge is 0.500 e. The first-order valence-corrected chi connectivity index (χ1v) is 14.0. The van der Waals surface area contributed by atoms with Crippen LogP contribution >= 0.6 is 0 Å². The maximum Gasteiger partial charge on any atom is 0.500 e. The van der Waals surface area contributed by atoms with Crippen molar-refractivity contribution in [2.75, 3.05) is 6.54 Å². The minimum Gasteiger partial charge on any atom is -0.330 e. The van der Waals surface area contributed by atoms with Crippen molar-refractivity contribution >= 4 is 39.3 Å². The maximum absolute atomic E-state index is 13.4. The van der Waals surface area contributed by atoms with Gasteiger partial charge in [-0.2, -0.15) is 52.7 Å². The van der Waals surface area contributed by atoms with Crippen LogP contribution in [0.25, 0.3) is 0 Å². The highest BCUT2D eigenvalue weighted by atomic mass is 32.3. The molecule has 0 aliphatic carbocycles. The lowest BCUT2D eigenvalue weighted by Gasteiger charge is -2.44. The van der Waals surface area contributed by atoms with Crippen molar-refractivity contribution in [3.63, 3.8) is 0 Å². The molecule has 0 fully saturated rings. The summed E-state index contributed by atoms with van der Waals surface area (Å²) in [6.45, 7) is -0.968. The van der Waals surface area contributed by atoms with Gasteiger partial charge in [0.1, 0.15) is 0 Å². The van der Waals surface area contributed by atoms with E-state index in [1.807, 2.05) is 0 Å². The topological polar surface area (TPSA) is 189 Å². The molecule has 0 aromatic carbocycles. The Morgan fingerprint density at radius 3 is 0.917 bits per heavy atom. The number of alkyl halides is 12. The molecule has 26 heteroatoms. The molecule has 0 bridgehead atoms. The van der Waals surface area contributed by atoms with Crippen LogP contribution in [0.4, 0.5) is 52.7 Å². The van der Waals surface area contributed by atoms with Gasteiger partial charge in [0, 0.05) is 0 Å². The quantitative estimate of drug-likeness (QED) is 0.272. The van der Waals surface area contributed by atoms with Crippen molar-refractivity contribution in [1.29, 1.82) is 0 Å². The van der Waals surface area contributed by atoms with Crippen molar-refractivity contribution in [2.45, 2.75) is 49.6 Å². The average molecular weight is 644 g/mol. The molecule has 36 heavy (non-hydrogen) atoms. The predicted molar refractivity (Wildman–Crippen MR) is 92.5 cm³/mol. The summed E-state index contributed by atoms with van der Waals surface area (Å²) < 4.78 is 242. The maximum atomic E-state index is 13.4. The van der Waals surface area contributed by atoms with Gasteiger partial charge < -0.3 is 5.73 Å². The monoisotopic (exact) mass is 644 g/mol. The van der Waals surface area contributed by atoms with Crippen LogP contribution in [0.1, 0.15) is 19.3 Å². The van der Waals surface area contributed by atoms with Gasteiger partial charge in [-0.05, 0) is 25.8 Å². The Kier molecular flexibility index (Phi) is 8.98. The molecule has 0 unspecified atom stereocenters. The van der Waals surface area contributed by atoms with Gasteiger partial charge in [-0.3, -0.25) is 5.73 Å². The summed E-state index contributed by atoms with van der Waals surface area (Å²) in [5, 5.41) is 0. The number of halogens is 12. The Morgan fingerprint density at radius 1 is 0.472 bits per heavy atom. The summed E-state index contributed by atoms with van der Waals surface area (Å²) in [5.41, 5.74) is -21.7. The molecule has 0 aliphatic heterocycles. The highest BCUT2D eigenvalue weighted by molar-refractivity contribution is 8.18. The molecule has 0 aliphatic rings. The van der Waals surface area contributed by atoms with E-state index in [0.29, 0.717) is 0 Å². The van der Waals surface area contributed by atoms with Crippen molar-refractivity contribution < 1.29 is 86.4 Å². The summed E-state index contributed by atoms with van der Waals surface area (Å²) >= 11 is 0. The Bertz CT molecular complexity index is 1170. The average Bonchev–Trinajstić information content (AvgIpc) is 2.60. The highest BCUT2D eigenvalue weighted by Gasteiger charge is 2.90. The first kappa shape index (κ1) is 34.9. The van der Waals surface area contributed by atoms with E-state index in [2.05, 4.69) is 5.73 Å². The number of rotatable bonds is 9. The molecule has 0 atom stereocenters. The zero-order valence-corrected chi connectivity index (χ0v) is 19.7. The molecular weight excluding hydrogens is 632 g/mol. The number of hydrogen-bond acceptors (Lipinski definition) is 10. The molecule has 0 radical (unpaired) electrons. The normalized spacial score (nSPS) is 16.3. The van der Waals surface area contributed by atoms with Crippen LogP contribution in [0.2, 0.25) is 0 Å². The lowest BCUT2D eigenvalue weighted by atomic mass is 10.2. The molecule has 10 nitrogen and oxygen atoms in total. The van der Waals surface area contributed by atoms with E-state index in [9.17, 15) is 86.4 Å². The first-order valence-electron chi connectivity index (χ1n) is 8.03. The second-order valence-corrected chi connectivity index (χ2v) is 15.5. The first-order chi connectivity index (χ1) is 15.3. The molecule has 0 spiro atoms. The zero-order valence-electron chi connectivity index (χ0n) is 16.4. The van der Waals surface area contributed by atoms with Crippen LogP contribution in [-0.2, 0) is 39.3 Å². The summed E-state index contributed by atoms with van der Waals surface area (Å²) in [5.74, 6) is 0. The number of nitrogens with two attached hydrogens (primary N) is 2. The van der Waals surface area contributed by atoms with Crippen molar-refractivity contribution in [3.05, 3.63) is 0 Å². The van der Waals surface area contributed by atoms with Gasteiger partial charge in [-0.15, -0.1) is 0 Å². The van der Waals surface area contributed by atoms with Gasteiger partial charge in [0.05, 0.1) is 0 Å². The van der Waals surface area contributed by atoms with Gasteiger partial charge in [-0.1, -0.05) is 0 Å². The van der Waals surface area contributed by atoms with E-state index in [1.54, 1.807) is 0 Å². The van der Waals surface area contributed by atoms with Crippen LogP contribution in [-0.4, -0.2) is 70.5 Å². The van der Waals surface area contributed by atoms with E-state index < -0.39 is 95.5 Å². The fourth-order valence-corrected chi connectivity index (χ4v) is 12.8. The molecule has 0 amide bonds. The van der Waals surface area contributed by atoms with Gasteiger partial charge >= 0.3 is 22.0 Å². The number of sulfone groups is 4. The van der Waals surface area contributed by atoms with E-state index >= 15 is 0 Å². The fraction of sp³-hybridized carbons (Fsp3) is 1.00. The zero-order chi connectivity index (χ0) is 29.8. The molecule has 218 valence electrons. The minimum absolute atomic E-state index is 0.968. The molecular formula is C10H12F12N2O8S4. The van der Waals surface area contributed by atoms with Crippen molar-refractivity contribution in [2.24, 2.45) is 11.5 Å². The third-order valence-corrected chi connectivity index (χ3v) is 15.0. The van der Waals surface area contributed by atoms with Crippen molar-refractivity contribution in [3.8, 4) is 0 Å². The van der Waals surface area contributed by atoms with E-state index in [-0.39, 0.29) is 0 Å². The third-order valence-electron chi connectivity index (χ3n) is 4.38. The molecule has 0 aromatic rings. The van der Waals surface area contributed by atoms with Gasteiger partial charge in [-0.25, -0.2) is 33.7 Å². The van der Waals surface area contributed by atoms with Crippen LogP contribution in [0, 0.1) is 0 Å². The van der Waals surface area contributed by atoms with Crippen LogP contribution in [0.3, 0.4) is 0 Å². The fourth-order valence-electron chi connectivity index (χ4n) is 2.74. The van der Waals surface area contributed by atoms with Gasteiger partial charge in [0.25, 0.3) is 43.6 Å². The highest BCUT2D eigenvalue weighted by Crippen LogP contribution is 2.58. The van der Waals surface area contributed by atoms with E-state index in [0.717, 1.165) is 0 Å². The lowest BCUT2D eigenvalue weighted by molar-refractivity contribution is -0.0559. The Balaban J connectivity index is 9.15. The molecule has 0 saturated heterocycles. The summed E-state index contributed by atoms with van der Waals surface area (Å²) in [4.78, 5) is 0. The van der Waals surface area contributed by atoms with Crippen LogP contribution < -0.4 is 11.5 Å². The predicted octanol–water partition coefficient (Wildman–Crippen LogP) is 1.16. The van der Waals surface area contributed by atoms with Crippen molar-refractivity contribution in [1.82, 2.24) is 0 Å². The number of unbranched alkanes of at least 4 members (excludes halogenated alkanes) is 1. The summed E-state index contributed by atoms with van der Waals surface area (Å²) in [7, 11) is -35.8. The Hall–Kier alpha value is -1.12. The van der Waals surface area contributed by atoms with Crippen LogP contribution in [0.15, 0.2) is 0 Å². The Morgan fingerprint density at radius 2 is 0.722 bits per heavy atom. The molecule has 0 rings (SSSR count). The van der Waals surface area contributed by atoms with E-state index in [4.69, 9.17) is 5.73 Å². The summed E-state index contributed by atoms with van der Waals surface area (Å²) in [6, 6.07) is 0. The second kappa shape index (κ2) is 9.26.